The summed E-state index contributed by atoms with van der Waals surface area (Å²) < 4.78 is 34.5. The van der Waals surface area contributed by atoms with E-state index < -0.39 is 6.61 Å². The first kappa shape index (κ1) is 17.0. The van der Waals surface area contributed by atoms with Crippen molar-refractivity contribution in [2.24, 2.45) is 5.92 Å². The molecule has 0 amide bonds. The van der Waals surface area contributed by atoms with Gasteiger partial charge in [0.1, 0.15) is 0 Å². The highest BCUT2D eigenvalue weighted by Gasteiger charge is 2.25. The molecule has 1 saturated heterocycles. The Labute approximate surface area is 129 Å². The third-order valence-corrected chi connectivity index (χ3v) is 4.20. The van der Waals surface area contributed by atoms with E-state index in [0.29, 0.717) is 18.3 Å². The fourth-order valence-electron chi connectivity index (χ4n) is 2.87. The third-order valence-electron chi connectivity index (χ3n) is 4.20. The molecule has 124 valence electrons. The fourth-order valence-corrected chi connectivity index (χ4v) is 2.87. The minimum absolute atomic E-state index is 0.0540. The van der Waals surface area contributed by atoms with Crippen LogP contribution in [0.1, 0.15) is 25.3 Å². The highest BCUT2D eigenvalue weighted by atomic mass is 19.3. The van der Waals surface area contributed by atoms with Gasteiger partial charge in [-0.05, 0) is 43.4 Å². The number of ether oxygens (including phenoxy) is 2. The molecule has 0 saturated carbocycles. The van der Waals surface area contributed by atoms with Crippen LogP contribution in [-0.4, -0.2) is 42.9 Å². The second-order valence-corrected chi connectivity index (χ2v) is 5.77. The molecular weight excluding hydrogens is 292 g/mol. The molecule has 4 nitrogen and oxygen atoms in total. The maximum Gasteiger partial charge on any atom is 0.387 e. The largest absolute Gasteiger partial charge is 0.493 e. The molecule has 0 aromatic heterocycles. The fraction of sp³-hybridized carbons (Fsp3) is 0.625. The molecule has 1 aliphatic heterocycles. The summed E-state index contributed by atoms with van der Waals surface area (Å²) in [5.41, 5.74) is 0.891. The first-order chi connectivity index (χ1) is 10.5. The van der Waals surface area contributed by atoms with Gasteiger partial charge in [0.25, 0.3) is 0 Å². The van der Waals surface area contributed by atoms with E-state index in [1.807, 2.05) is 6.07 Å². The Morgan fingerprint density at radius 3 is 2.73 bits per heavy atom. The zero-order valence-corrected chi connectivity index (χ0v) is 13.0. The summed E-state index contributed by atoms with van der Waals surface area (Å²) in [4.78, 5) is 2.26. The van der Waals surface area contributed by atoms with Gasteiger partial charge in [0.15, 0.2) is 11.5 Å². The van der Waals surface area contributed by atoms with E-state index in [1.165, 1.54) is 7.11 Å². The van der Waals surface area contributed by atoms with Gasteiger partial charge in [0.2, 0.25) is 0 Å². The van der Waals surface area contributed by atoms with Gasteiger partial charge >= 0.3 is 6.61 Å². The number of piperidine rings is 1. The van der Waals surface area contributed by atoms with Gasteiger partial charge in [-0.2, -0.15) is 8.78 Å². The Balaban J connectivity index is 2.11. The Kier molecular flexibility index (Phi) is 5.97. The number of aliphatic hydroxyl groups is 1. The van der Waals surface area contributed by atoms with Gasteiger partial charge in [-0.3, -0.25) is 4.90 Å². The lowest BCUT2D eigenvalue weighted by molar-refractivity contribution is -0.0513. The van der Waals surface area contributed by atoms with Crippen molar-refractivity contribution in [3.05, 3.63) is 23.8 Å². The van der Waals surface area contributed by atoms with Crippen molar-refractivity contribution in [2.45, 2.75) is 39.0 Å². The summed E-state index contributed by atoms with van der Waals surface area (Å²) in [5, 5.41) is 9.33. The number of rotatable bonds is 6. The quantitative estimate of drug-likeness (QED) is 0.876. The van der Waals surface area contributed by atoms with Crippen LogP contribution in [0.3, 0.4) is 0 Å². The van der Waals surface area contributed by atoms with Gasteiger partial charge in [-0.15, -0.1) is 0 Å². The molecule has 0 aliphatic carbocycles. The van der Waals surface area contributed by atoms with E-state index in [1.54, 1.807) is 12.1 Å². The van der Waals surface area contributed by atoms with Crippen molar-refractivity contribution in [3.63, 3.8) is 0 Å². The molecule has 0 radical (unpaired) electrons. The number of halogens is 2. The van der Waals surface area contributed by atoms with E-state index in [0.717, 1.165) is 24.9 Å². The van der Waals surface area contributed by atoms with Crippen LogP contribution in [0.2, 0.25) is 0 Å². The van der Waals surface area contributed by atoms with Crippen molar-refractivity contribution in [2.75, 3.05) is 20.3 Å². The number of methoxy groups -OCH3 is 1. The number of likely N-dealkylation sites (tertiary alicyclic amines) is 1. The number of hydrogen-bond donors (Lipinski definition) is 1. The van der Waals surface area contributed by atoms with Gasteiger partial charge < -0.3 is 14.6 Å². The molecule has 1 aromatic rings. The number of benzene rings is 1. The molecule has 0 spiro atoms. The van der Waals surface area contributed by atoms with Crippen LogP contribution in [0.25, 0.3) is 0 Å². The Hall–Kier alpha value is -1.40. The zero-order valence-electron chi connectivity index (χ0n) is 13.0. The monoisotopic (exact) mass is 315 g/mol. The first-order valence-corrected chi connectivity index (χ1v) is 7.50. The molecule has 1 fully saturated rings. The Morgan fingerprint density at radius 1 is 1.32 bits per heavy atom. The minimum Gasteiger partial charge on any atom is -0.493 e. The Morgan fingerprint density at radius 2 is 2.09 bits per heavy atom. The maximum absolute atomic E-state index is 12.5. The zero-order chi connectivity index (χ0) is 16.1. The lowest BCUT2D eigenvalue weighted by Crippen LogP contribution is -2.42. The predicted molar refractivity (Wildman–Crippen MR) is 79.3 cm³/mol. The average Bonchev–Trinajstić information content (AvgIpc) is 2.49. The normalized spacial score (nSPS) is 22.8. The maximum atomic E-state index is 12.5. The van der Waals surface area contributed by atoms with E-state index in [-0.39, 0.29) is 18.3 Å². The Bertz CT molecular complexity index is 484. The summed E-state index contributed by atoms with van der Waals surface area (Å²) in [6, 6.07) is 5.50. The van der Waals surface area contributed by atoms with E-state index in [4.69, 9.17) is 4.74 Å². The van der Waals surface area contributed by atoms with Crippen LogP contribution < -0.4 is 9.47 Å². The second kappa shape index (κ2) is 7.74. The van der Waals surface area contributed by atoms with Gasteiger partial charge in [0.05, 0.1) is 7.11 Å². The van der Waals surface area contributed by atoms with Crippen LogP contribution in [0.5, 0.6) is 11.5 Å². The van der Waals surface area contributed by atoms with E-state index >= 15 is 0 Å². The number of aliphatic hydroxyl groups excluding tert-OH is 1. The molecule has 2 atom stereocenters. The third kappa shape index (κ3) is 4.30. The summed E-state index contributed by atoms with van der Waals surface area (Å²) in [6.45, 7) is 0.909. The molecule has 1 aliphatic rings. The number of alkyl halides is 2. The highest BCUT2D eigenvalue weighted by Crippen LogP contribution is 2.31. The molecule has 2 rings (SSSR count). The lowest BCUT2D eigenvalue weighted by Gasteiger charge is -2.37. The van der Waals surface area contributed by atoms with Crippen molar-refractivity contribution >= 4 is 0 Å². The van der Waals surface area contributed by atoms with Crippen LogP contribution in [0.4, 0.5) is 8.78 Å². The molecule has 2 unspecified atom stereocenters. The van der Waals surface area contributed by atoms with E-state index in [9.17, 15) is 13.9 Å². The van der Waals surface area contributed by atoms with Crippen LogP contribution in [0.15, 0.2) is 18.2 Å². The summed E-state index contributed by atoms with van der Waals surface area (Å²) >= 11 is 0. The van der Waals surface area contributed by atoms with Crippen molar-refractivity contribution in [1.29, 1.82) is 0 Å². The summed E-state index contributed by atoms with van der Waals surface area (Å²) in [5.74, 6) is 0.633. The topological polar surface area (TPSA) is 41.9 Å². The number of hydrogen-bond acceptors (Lipinski definition) is 4. The number of nitrogens with zero attached hydrogens (tertiary/aromatic N) is 1. The van der Waals surface area contributed by atoms with Crippen molar-refractivity contribution in [3.8, 4) is 11.5 Å². The van der Waals surface area contributed by atoms with Crippen LogP contribution >= 0.6 is 0 Å². The SMILES string of the molecule is COc1ccc(CN2CC(CO)CCC2C)cc1OC(F)F. The van der Waals surface area contributed by atoms with Crippen LogP contribution in [-0.2, 0) is 6.54 Å². The second-order valence-electron chi connectivity index (χ2n) is 5.77. The molecule has 0 bridgehead atoms. The summed E-state index contributed by atoms with van der Waals surface area (Å²) in [6.07, 6.45) is 2.05. The minimum atomic E-state index is -2.88. The molecule has 22 heavy (non-hydrogen) atoms. The standard InChI is InChI=1S/C16H23F2NO3/c1-11-3-4-13(10-20)9-19(11)8-12-5-6-14(21-2)15(7-12)22-16(17)18/h5-7,11,13,16,20H,3-4,8-10H2,1-2H3. The summed E-state index contributed by atoms with van der Waals surface area (Å²) in [7, 11) is 1.42. The van der Waals surface area contributed by atoms with Crippen molar-refractivity contribution in [1.82, 2.24) is 4.90 Å². The van der Waals surface area contributed by atoms with Crippen LogP contribution in [0, 0.1) is 5.92 Å². The first-order valence-electron chi connectivity index (χ1n) is 7.50. The predicted octanol–water partition coefficient (Wildman–Crippen LogP) is 2.89. The molecule has 1 N–H and O–H groups in total. The smallest absolute Gasteiger partial charge is 0.387 e. The average molecular weight is 315 g/mol. The molecule has 6 heteroatoms. The lowest BCUT2D eigenvalue weighted by atomic mass is 9.93. The van der Waals surface area contributed by atoms with Crippen molar-refractivity contribution < 1.29 is 23.4 Å². The van der Waals surface area contributed by atoms with E-state index in [2.05, 4.69) is 16.6 Å². The van der Waals surface area contributed by atoms with Gasteiger partial charge in [-0.25, -0.2) is 0 Å². The van der Waals surface area contributed by atoms with Gasteiger partial charge in [-0.1, -0.05) is 6.07 Å². The molecule has 1 aromatic carbocycles. The molecule has 1 heterocycles. The highest BCUT2D eigenvalue weighted by molar-refractivity contribution is 5.43. The van der Waals surface area contributed by atoms with Gasteiger partial charge in [0, 0.05) is 25.7 Å². The molecular formula is C16H23F2NO3.